The van der Waals surface area contributed by atoms with E-state index in [4.69, 9.17) is 5.26 Å². The summed E-state index contributed by atoms with van der Waals surface area (Å²) in [5, 5.41) is 24.5. The number of nitriles is 2. The first-order valence-electron chi connectivity index (χ1n) is 9.64. The molecular weight excluding hydrogens is 348 g/mol. The number of hydrogen-bond donors (Lipinski definition) is 2. The summed E-state index contributed by atoms with van der Waals surface area (Å²) in [5.41, 5.74) is 4.08. The molecule has 1 heterocycles. The molecule has 1 amide bonds. The summed E-state index contributed by atoms with van der Waals surface area (Å²) < 4.78 is 0. The van der Waals surface area contributed by atoms with Crippen molar-refractivity contribution < 1.29 is 4.79 Å². The van der Waals surface area contributed by atoms with Gasteiger partial charge in [0, 0.05) is 13.0 Å². The molecule has 1 saturated heterocycles. The van der Waals surface area contributed by atoms with E-state index in [0.29, 0.717) is 17.4 Å². The molecule has 0 unspecified atom stereocenters. The highest BCUT2D eigenvalue weighted by Gasteiger charge is 2.50. The Bertz CT molecular complexity index is 946. The summed E-state index contributed by atoms with van der Waals surface area (Å²) in [4.78, 5) is 12.5. The van der Waals surface area contributed by atoms with Crippen molar-refractivity contribution in [3.8, 4) is 23.3 Å². The van der Waals surface area contributed by atoms with Crippen molar-refractivity contribution in [1.82, 2.24) is 10.6 Å². The molecule has 2 aliphatic rings. The molecule has 140 valence electrons. The number of benzene rings is 2. The van der Waals surface area contributed by atoms with E-state index in [1.54, 1.807) is 12.1 Å². The van der Waals surface area contributed by atoms with Crippen LogP contribution in [0.3, 0.4) is 0 Å². The van der Waals surface area contributed by atoms with Crippen LogP contribution in [0.2, 0.25) is 0 Å². The van der Waals surface area contributed by atoms with Crippen LogP contribution in [0.4, 0.5) is 0 Å². The molecular formula is C23H22N4O. The lowest BCUT2D eigenvalue weighted by molar-refractivity contribution is -0.123. The third-order valence-electron chi connectivity index (χ3n) is 5.85. The van der Waals surface area contributed by atoms with Crippen LogP contribution in [0, 0.1) is 28.1 Å². The highest BCUT2D eigenvalue weighted by atomic mass is 16.2. The molecule has 4 rings (SSSR count). The van der Waals surface area contributed by atoms with E-state index in [-0.39, 0.29) is 11.9 Å². The number of hydrogen-bond acceptors (Lipinski definition) is 4. The first-order valence-corrected chi connectivity index (χ1v) is 9.64. The van der Waals surface area contributed by atoms with Gasteiger partial charge in [-0.25, -0.2) is 0 Å². The van der Waals surface area contributed by atoms with Gasteiger partial charge in [-0.05, 0) is 53.5 Å². The molecule has 0 bridgehead atoms. The summed E-state index contributed by atoms with van der Waals surface area (Å²) >= 11 is 0. The van der Waals surface area contributed by atoms with Gasteiger partial charge < -0.3 is 10.6 Å². The molecule has 2 aromatic carbocycles. The minimum atomic E-state index is -0.536. The second-order valence-corrected chi connectivity index (χ2v) is 7.92. The monoisotopic (exact) mass is 370 g/mol. The van der Waals surface area contributed by atoms with Crippen molar-refractivity contribution in [2.45, 2.75) is 37.8 Å². The summed E-state index contributed by atoms with van der Waals surface area (Å²) in [7, 11) is 0. The number of carbonyl (C=O) groups is 1. The fraction of sp³-hybridized carbons (Fsp3) is 0.348. The number of nitrogens with one attached hydrogen (secondary N) is 2. The van der Waals surface area contributed by atoms with E-state index >= 15 is 0 Å². The van der Waals surface area contributed by atoms with Gasteiger partial charge in [0.05, 0.1) is 23.7 Å². The highest BCUT2D eigenvalue weighted by Crippen LogP contribution is 2.51. The zero-order valence-electron chi connectivity index (χ0n) is 15.6. The fourth-order valence-electron chi connectivity index (χ4n) is 3.87. The van der Waals surface area contributed by atoms with Gasteiger partial charge in [-0.1, -0.05) is 36.4 Å². The molecule has 0 aromatic heterocycles. The smallest absolute Gasteiger partial charge is 0.238 e. The topological polar surface area (TPSA) is 88.7 Å². The largest absolute Gasteiger partial charge is 0.339 e. The minimum Gasteiger partial charge on any atom is -0.339 e. The summed E-state index contributed by atoms with van der Waals surface area (Å²) in [5.74, 6) is -0.0653. The van der Waals surface area contributed by atoms with Crippen LogP contribution in [0.15, 0.2) is 48.5 Å². The molecule has 1 aliphatic carbocycles. The van der Waals surface area contributed by atoms with Crippen molar-refractivity contribution >= 4 is 5.91 Å². The van der Waals surface area contributed by atoms with Gasteiger partial charge in [0.25, 0.3) is 0 Å². The maximum Gasteiger partial charge on any atom is 0.238 e. The molecule has 28 heavy (non-hydrogen) atoms. The van der Waals surface area contributed by atoms with Crippen LogP contribution in [0.1, 0.15) is 30.4 Å². The predicted octanol–water partition coefficient (Wildman–Crippen LogP) is 2.92. The lowest BCUT2D eigenvalue weighted by Crippen LogP contribution is -2.45. The minimum absolute atomic E-state index is 0.0653. The average molecular weight is 370 g/mol. The van der Waals surface area contributed by atoms with E-state index in [1.807, 2.05) is 36.4 Å². The van der Waals surface area contributed by atoms with Crippen LogP contribution in [0.5, 0.6) is 0 Å². The lowest BCUT2D eigenvalue weighted by Gasteiger charge is -2.16. The van der Waals surface area contributed by atoms with E-state index in [9.17, 15) is 10.1 Å². The number of amides is 1. The second kappa shape index (κ2) is 7.46. The Morgan fingerprint density at radius 2 is 1.75 bits per heavy atom. The molecule has 2 fully saturated rings. The normalized spacial score (nSPS) is 20.1. The molecule has 2 atom stereocenters. The zero-order valence-corrected chi connectivity index (χ0v) is 15.6. The Morgan fingerprint density at radius 3 is 2.29 bits per heavy atom. The van der Waals surface area contributed by atoms with Crippen molar-refractivity contribution in [3.05, 3.63) is 59.7 Å². The van der Waals surface area contributed by atoms with Crippen molar-refractivity contribution in [1.29, 1.82) is 10.5 Å². The average Bonchev–Trinajstić information content (AvgIpc) is 3.36. The Hall–Kier alpha value is -3.15. The molecule has 1 saturated carbocycles. The molecule has 1 spiro atoms. The molecule has 2 aromatic rings. The van der Waals surface area contributed by atoms with Crippen molar-refractivity contribution in [2.75, 3.05) is 6.54 Å². The third-order valence-corrected chi connectivity index (χ3v) is 5.85. The van der Waals surface area contributed by atoms with Gasteiger partial charge in [-0.15, -0.1) is 0 Å². The van der Waals surface area contributed by atoms with E-state index in [1.165, 1.54) is 12.8 Å². The Morgan fingerprint density at radius 1 is 1.11 bits per heavy atom. The molecule has 2 N–H and O–H groups in total. The van der Waals surface area contributed by atoms with E-state index in [2.05, 4.69) is 22.8 Å². The van der Waals surface area contributed by atoms with E-state index in [0.717, 1.165) is 29.7 Å². The van der Waals surface area contributed by atoms with Gasteiger partial charge in [0.2, 0.25) is 5.91 Å². The third kappa shape index (κ3) is 3.91. The predicted molar refractivity (Wildman–Crippen MR) is 106 cm³/mol. The molecule has 0 radical (unpaired) electrons. The van der Waals surface area contributed by atoms with Crippen LogP contribution in [-0.4, -0.2) is 24.5 Å². The van der Waals surface area contributed by atoms with Gasteiger partial charge in [0.1, 0.15) is 6.04 Å². The van der Waals surface area contributed by atoms with Crippen LogP contribution in [0.25, 0.3) is 11.1 Å². The summed E-state index contributed by atoms with van der Waals surface area (Å²) in [6.45, 7) is 0.916. The lowest BCUT2D eigenvalue weighted by atomic mass is 9.99. The maximum absolute atomic E-state index is 12.5. The quantitative estimate of drug-likeness (QED) is 0.847. The second-order valence-electron chi connectivity index (χ2n) is 7.92. The van der Waals surface area contributed by atoms with Crippen LogP contribution >= 0.6 is 0 Å². The van der Waals surface area contributed by atoms with Crippen LogP contribution in [-0.2, 0) is 11.2 Å². The Balaban J connectivity index is 1.36. The van der Waals surface area contributed by atoms with Gasteiger partial charge in [-0.2, -0.15) is 10.5 Å². The van der Waals surface area contributed by atoms with Gasteiger partial charge >= 0.3 is 0 Å². The zero-order chi connectivity index (χ0) is 19.6. The number of carbonyl (C=O) groups excluding carboxylic acids is 1. The number of nitrogens with zero attached hydrogens (tertiary/aromatic N) is 2. The Kier molecular flexibility index (Phi) is 4.86. The highest BCUT2D eigenvalue weighted by molar-refractivity contribution is 5.83. The molecule has 5 heteroatoms. The molecule has 5 nitrogen and oxygen atoms in total. The Labute approximate surface area is 165 Å². The maximum atomic E-state index is 12.5. The first-order chi connectivity index (χ1) is 13.6. The number of rotatable bonds is 5. The van der Waals surface area contributed by atoms with Crippen molar-refractivity contribution in [2.24, 2.45) is 5.41 Å². The van der Waals surface area contributed by atoms with Crippen molar-refractivity contribution in [3.63, 3.8) is 0 Å². The standard InChI is InChI=1S/C23H22N4O/c24-13-17-3-7-19(8-4-17)18-5-1-16(2-6-18)11-20(14-25)27-22(28)21-12-23(9-10-23)15-26-21/h1-8,20-21,26H,9-12,15H2,(H,27,28)/t20-,21-/m0/s1. The van der Waals surface area contributed by atoms with Gasteiger partial charge in [-0.3, -0.25) is 4.79 Å². The van der Waals surface area contributed by atoms with Crippen LogP contribution < -0.4 is 10.6 Å². The summed E-state index contributed by atoms with van der Waals surface area (Å²) in [6, 6.07) is 19.0. The summed E-state index contributed by atoms with van der Waals surface area (Å²) in [6.07, 6.45) is 3.78. The molecule has 1 aliphatic heterocycles. The SMILES string of the molecule is N#Cc1ccc(-c2ccc(C[C@@H](C#N)NC(=O)[C@@H]3CC4(CC4)CN3)cc2)cc1. The van der Waals surface area contributed by atoms with E-state index < -0.39 is 6.04 Å². The first kappa shape index (κ1) is 18.2. The van der Waals surface area contributed by atoms with Gasteiger partial charge in [0.15, 0.2) is 0 Å². The fourth-order valence-corrected chi connectivity index (χ4v) is 3.87.